The summed E-state index contributed by atoms with van der Waals surface area (Å²) < 4.78 is 10.9. The molecule has 1 aliphatic rings. The van der Waals surface area contributed by atoms with Gasteiger partial charge in [-0.2, -0.15) is 0 Å². The van der Waals surface area contributed by atoms with Crippen LogP contribution in [-0.4, -0.2) is 29.2 Å². The van der Waals surface area contributed by atoms with E-state index in [2.05, 4.69) is 0 Å². The maximum absolute atomic E-state index is 12.4. The number of rotatable bonds is 2. The summed E-state index contributed by atoms with van der Waals surface area (Å²) in [5, 5.41) is 20.5. The van der Waals surface area contributed by atoms with Crippen LogP contribution in [0.4, 0.5) is 0 Å². The normalized spacial score (nSPS) is 20.2. The second kappa shape index (κ2) is 5.35. The largest absolute Gasteiger partial charge is 0.507 e. The van der Waals surface area contributed by atoms with E-state index in [0.717, 1.165) is 0 Å². The quantitative estimate of drug-likeness (QED) is 0.890. The minimum atomic E-state index is -1.37. The molecule has 5 nitrogen and oxygen atoms in total. The van der Waals surface area contributed by atoms with Gasteiger partial charge >= 0.3 is 0 Å². The fourth-order valence-electron chi connectivity index (χ4n) is 2.64. The molecule has 0 aliphatic carbocycles. The lowest BCUT2D eigenvalue weighted by atomic mass is 9.91. The number of aliphatic hydroxyl groups excluding tert-OH is 1. The van der Waals surface area contributed by atoms with Crippen molar-refractivity contribution < 1.29 is 24.5 Å². The zero-order valence-corrected chi connectivity index (χ0v) is 12.2. The summed E-state index contributed by atoms with van der Waals surface area (Å²) >= 11 is 0. The van der Waals surface area contributed by atoms with Crippen molar-refractivity contribution in [3.63, 3.8) is 0 Å². The first kappa shape index (κ1) is 14.4. The van der Waals surface area contributed by atoms with Crippen LogP contribution in [0.25, 0.3) is 0 Å². The van der Waals surface area contributed by atoms with Crippen LogP contribution in [0.1, 0.15) is 27.6 Å². The third-order valence-corrected chi connectivity index (χ3v) is 3.87. The fourth-order valence-corrected chi connectivity index (χ4v) is 2.64. The number of phenols is 1. The maximum Gasteiger partial charge on any atom is 0.202 e. The van der Waals surface area contributed by atoms with E-state index in [-0.39, 0.29) is 17.1 Å². The van der Waals surface area contributed by atoms with E-state index in [1.54, 1.807) is 37.3 Å². The molecule has 2 atom stereocenters. The predicted molar refractivity (Wildman–Crippen MR) is 79.5 cm³/mol. The summed E-state index contributed by atoms with van der Waals surface area (Å²) in [5.74, 6) is -0.139. The molecular formula is C17H16O5. The van der Waals surface area contributed by atoms with Crippen LogP contribution in [0.5, 0.6) is 17.2 Å². The monoisotopic (exact) mass is 300 g/mol. The van der Waals surface area contributed by atoms with Gasteiger partial charge in [0.1, 0.15) is 22.8 Å². The Bertz CT molecular complexity index is 724. The first-order valence-electron chi connectivity index (χ1n) is 6.89. The highest BCUT2D eigenvalue weighted by Crippen LogP contribution is 2.44. The Morgan fingerprint density at radius 3 is 2.55 bits per heavy atom. The highest BCUT2D eigenvalue weighted by atomic mass is 16.5. The van der Waals surface area contributed by atoms with Gasteiger partial charge in [-0.3, -0.25) is 4.79 Å². The number of aliphatic hydroxyl groups is 1. The number of ether oxygens (including phenoxy) is 2. The average Bonchev–Trinajstić information content (AvgIpc) is 2.54. The van der Waals surface area contributed by atoms with Gasteiger partial charge in [0.2, 0.25) is 5.78 Å². The zero-order chi connectivity index (χ0) is 15.9. The van der Waals surface area contributed by atoms with Crippen molar-refractivity contribution in [2.75, 3.05) is 7.11 Å². The summed E-state index contributed by atoms with van der Waals surface area (Å²) in [7, 11) is 1.47. The molecular weight excluding hydrogens is 284 g/mol. The molecule has 0 fully saturated rings. The van der Waals surface area contributed by atoms with Crippen LogP contribution >= 0.6 is 0 Å². The summed E-state index contributed by atoms with van der Waals surface area (Å²) in [4.78, 5) is 12.4. The molecule has 0 saturated heterocycles. The van der Waals surface area contributed by atoms with E-state index in [1.165, 1.54) is 7.11 Å². The summed E-state index contributed by atoms with van der Waals surface area (Å²) in [6.45, 7) is 1.64. The number of fused-ring (bicyclic) bond motifs is 1. The van der Waals surface area contributed by atoms with Crippen LogP contribution in [0.3, 0.4) is 0 Å². The molecule has 0 amide bonds. The second-order valence-corrected chi connectivity index (χ2v) is 5.18. The van der Waals surface area contributed by atoms with Gasteiger partial charge in [-0.25, -0.2) is 0 Å². The maximum atomic E-state index is 12.4. The molecule has 3 rings (SSSR count). The van der Waals surface area contributed by atoms with Gasteiger partial charge in [-0.1, -0.05) is 30.3 Å². The van der Waals surface area contributed by atoms with Gasteiger partial charge in [0.25, 0.3) is 0 Å². The minimum Gasteiger partial charge on any atom is -0.507 e. The summed E-state index contributed by atoms with van der Waals surface area (Å²) in [5.41, 5.74) is 1.12. The summed E-state index contributed by atoms with van der Waals surface area (Å²) in [6, 6.07) is 10.6. The summed E-state index contributed by atoms with van der Waals surface area (Å²) in [6.07, 6.45) is -2.18. The number of phenolic OH excluding ortho intramolecular Hbond substituents is 1. The first-order valence-corrected chi connectivity index (χ1v) is 6.89. The number of benzene rings is 2. The minimum absolute atomic E-state index is 0.00187. The Balaban J connectivity index is 2.12. The van der Waals surface area contributed by atoms with Gasteiger partial charge < -0.3 is 19.7 Å². The Morgan fingerprint density at radius 1 is 1.23 bits per heavy atom. The third-order valence-electron chi connectivity index (χ3n) is 3.87. The second-order valence-electron chi connectivity index (χ2n) is 5.18. The number of carbonyl (C=O) groups excluding carboxylic acids is 1. The molecule has 5 heteroatoms. The number of Topliss-reactive ketones (excluding diaryl/α,β-unsaturated/α-hetero) is 1. The molecule has 0 unspecified atom stereocenters. The molecule has 114 valence electrons. The fraction of sp³-hybridized carbons (Fsp3) is 0.235. The van der Waals surface area contributed by atoms with Crippen molar-refractivity contribution >= 4 is 5.78 Å². The van der Waals surface area contributed by atoms with Crippen LogP contribution < -0.4 is 9.47 Å². The predicted octanol–water partition coefficient (Wildman–Crippen LogP) is 2.39. The van der Waals surface area contributed by atoms with Gasteiger partial charge in [-0.15, -0.1) is 0 Å². The Hall–Kier alpha value is -2.53. The van der Waals surface area contributed by atoms with Crippen molar-refractivity contribution in [1.82, 2.24) is 0 Å². The van der Waals surface area contributed by atoms with E-state index in [1.807, 2.05) is 6.07 Å². The SMILES string of the molecule is COc1cc2c(c(O)c1C)C(=O)[C@@H](O)[C@@H](c1ccccc1)O2. The Kier molecular flexibility index (Phi) is 3.50. The highest BCUT2D eigenvalue weighted by molar-refractivity contribution is 6.06. The molecule has 22 heavy (non-hydrogen) atoms. The zero-order valence-electron chi connectivity index (χ0n) is 12.2. The van der Waals surface area contributed by atoms with E-state index >= 15 is 0 Å². The first-order chi connectivity index (χ1) is 10.5. The average molecular weight is 300 g/mol. The van der Waals surface area contributed by atoms with Crippen LogP contribution in [-0.2, 0) is 0 Å². The molecule has 0 aromatic heterocycles. The lowest BCUT2D eigenvalue weighted by molar-refractivity contribution is 0.0210. The van der Waals surface area contributed by atoms with E-state index in [9.17, 15) is 15.0 Å². The molecule has 1 aliphatic heterocycles. The molecule has 2 aromatic rings. The third kappa shape index (κ3) is 2.10. The van der Waals surface area contributed by atoms with Gasteiger partial charge in [-0.05, 0) is 12.5 Å². The Morgan fingerprint density at radius 2 is 1.91 bits per heavy atom. The molecule has 0 bridgehead atoms. The van der Waals surface area contributed by atoms with E-state index in [0.29, 0.717) is 16.9 Å². The van der Waals surface area contributed by atoms with Crippen LogP contribution in [0.2, 0.25) is 0 Å². The van der Waals surface area contributed by atoms with Crippen molar-refractivity contribution in [2.45, 2.75) is 19.1 Å². The van der Waals surface area contributed by atoms with E-state index in [4.69, 9.17) is 9.47 Å². The number of hydrogen-bond acceptors (Lipinski definition) is 5. The lowest BCUT2D eigenvalue weighted by Crippen LogP contribution is -2.36. The molecule has 2 aromatic carbocycles. The number of ketones is 1. The van der Waals surface area contributed by atoms with E-state index < -0.39 is 18.0 Å². The van der Waals surface area contributed by atoms with Crippen LogP contribution in [0, 0.1) is 6.92 Å². The van der Waals surface area contributed by atoms with Crippen molar-refractivity contribution in [2.24, 2.45) is 0 Å². The number of methoxy groups -OCH3 is 1. The molecule has 2 N–H and O–H groups in total. The highest BCUT2D eigenvalue weighted by Gasteiger charge is 2.39. The molecule has 0 saturated carbocycles. The topological polar surface area (TPSA) is 76.0 Å². The van der Waals surface area contributed by atoms with Crippen molar-refractivity contribution in [3.8, 4) is 17.2 Å². The van der Waals surface area contributed by atoms with Crippen molar-refractivity contribution in [1.29, 1.82) is 0 Å². The molecule has 0 spiro atoms. The van der Waals surface area contributed by atoms with Gasteiger partial charge in [0.15, 0.2) is 12.2 Å². The van der Waals surface area contributed by atoms with Crippen LogP contribution in [0.15, 0.2) is 36.4 Å². The molecule has 0 radical (unpaired) electrons. The standard InChI is InChI=1S/C17H16O5/c1-9-11(21-2)8-12-13(14(9)18)15(19)16(20)17(22-12)10-6-4-3-5-7-10/h3-8,16-18,20H,1-2H3/t16-,17-/m1/s1. The number of carbonyl (C=O) groups is 1. The number of hydrogen-bond donors (Lipinski definition) is 2. The smallest absolute Gasteiger partial charge is 0.202 e. The molecule has 1 heterocycles. The van der Waals surface area contributed by atoms with Crippen molar-refractivity contribution in [3.05, 3.63) is 53.1 Å². The lowest BCUT2D eigenvalue weighted by Gasteiger charge is -2.30. The van der Waals surface area contributed by atoms with Gasteiger partial charge in [0, 0.05) is 11.6 Å². The Labute approximate surface area is 127 Å². The number of aromatic hydroxyl groups is 1. The van der Waals surface area contributed by atoms with Gasteiger partial charge in [0.05, 0.1) is 7.11 Å².